The van der Waals surface area contributed by atoms with Crippen molar-refractivity contribution < 1.29 is 9.15 Å². The number of rotatable bonds is 4. The van der Waals surface area contributed by atoms with Crippen LogP contribution in [0, 0.1) is 0 Å². The molecule has 122 valence electrons. The molecule has 1 N–H and O–H groups in total. The van der Waals surface area contributed by atoms with Crippen LogP contribution in [-0.2, 0) is 4.74 Å². The zero-order valence-corrected chi connectivity index (χ0v) is 14.0. The summed E-state index contributed by atoms with van der Waals surface area (Å²) in [6.45, 7) is 8.64. The quantitative estimate of drug-likeness (QED) is 0.685. The fraction of sp³-hybridized carbons (Fsp3) is 0.375. The number of hydrogen-bond acceptors (Lipinski definition) is 6. The fourth-order valence-corrected chi connectivity index (χ4v) is 2.69. The van der Waals surface area contributed by atoms with Gasteiger partial charge in [0.05, 0.1) is 18.9 Å². The van der Waals surface area contributed by atoms with E-state index in [1.807, 2.05) is 26.1 Å². The van der Waals surface area contributed by atoms with Gasteiger partial charge in [0.15, 0.2) is 17.2 Å². The number of allylic oxidation sites excluding steroid dienone is 2. The molecule has 0 spiro atoms. The van der Waals surface area contributed by atoms with Crippen LogP contribution in [-0.4, -0.2) is 43.3 Å². The van der Waals surface area contributed by atoms with E-state index in [4.69, 9.17) is 20.8 Å². The average molecular weight is 335 g/mol. The van der Waals surface area contributed by atoms with E-state index in [2.05, 4.69) is 26.8 Å². The Labute approximate surface area is 139 Å². The molecule has 0 unspecified atom stereocenters. The minimum Gasteiger partial charge on any atom is -0.449 e. The minimum atomic E-state index is 0.209. The third kappa shape index (κ3) is 3.33. The Morgan fingerprint density at radius 1 is 1.39 bits per heavy atom. The van der Waals surface area contributed by atoms with Crippen LogP contribution in [0.2, 0.25) is 5.28 Å². The lowest BCUT2D eigenvalue weighted by molar-refractivity contribution is 0.122. The van der Waals surface area contributed by atoms with Crippen molar-refractivity contribution in [2.75, 3.05) is 38.3 Å². The number of ether oxygens (including phenoxy) is 1. The largest absolute Gasteiger partial charge is 0.449 e. The van der Waals surface area contributed by atoms with Crippen molar-refractivity contribution in [3.8, 4) is 0 Å². The highest BCUT2D eigenvalue weighted by Crippen LogP contribution is 2.31. The van der Waals surface area contributed by atoms with Gasteiger partial charge in [-0.25, -0.2) is 4.98 Å². The van der Waals surface area contributed by atoms with E-state index >= 15 is 0 Å². The highest BCUT2D eigenvalue weighted by atomic mass is 35.5. The van der Waals surface area contributed by atoms with Gasteiger partial charge in [-0.05, 0) is 24.6 Å². The van der Waals surface area contributed by atoms with Crippen molar-refractivity contribution in [3.63, 3.8) is 0 Å². The van der Waals surface area contributed by atoms with Crippen molar-refractivity contribution in [2.24, 2.45) is 0 Å². The lowest BCUT2D eigenvalue weighted by Crippen LogP contribution is -2.36. The summed E-state index contributed by atoms with van der Waals surface area (Å²) >= 11 is 6.08. The third-order valence-electron chi connectivity index (χ3n) is 3.56. The van der Waals surface area contributed by atoms with Crippen LogP contribution >= 0.6 is 11.6 Å². The van der Waals surface area contributed by atoms with E-state index in [-0.39, 0.29) is 5.28 Å². The van der Waals surface area contributed by atoms with E-state index in [1.165, 1.54) is 0 Å². The first kappa shape index (κ1) is 15.8. The summed E-state index contributed by atoms with van der Waals surface area (Å²) in [6.07, 6.45) is 1.92. The number of morpholine rings is 1. The molecule has 3 heterocycles. The van der Waals surface area contributed by atoms with Gasteiger partial charge in [0.25, 0.3) is 0 Å². The smallest absolute Gasteiger partial charge is 0.225 e. The molecule has 2 aromatic heterocycles. The summed E-state index contributed by atoms with van der Waals surface area (Å²) < 4.78 is 11.4. The van der Waals surface area contributed by atoms with E-state index in [0.29, 0.717) is 35.9 Å². The van der Waals surface area contributed by atoms with Crippen molar-refractivity contribution in [3.05, 3.63) is 35.3 Å². The second-order valence-electron chi connectivity index (χ2n) is 5.40. The molecule has 0 saturated carbocycles. The first-order chi connectivity index (χ1) is 11.1. The predicted molar refractivity (Wildman–Crippen MR) is 91.7 cm³/mol. The monoisotopic (exact) mass is 334 g/mol. The van der Waals surface area contributed by atoms with Crippen LogP contribution in [0.4, 0.5) is 5.82 Å². The van der Waals surface area contributed by atoms with Gasteiger partial charge in [-0.2, -0.15) is 4.98 Å². The maximum atomic E-state index is 6.08. The standard InChI is InChI=1S/C16H19ClN4O2/c1-10(2)8-11(18-3)13-9-12-14(23-13)15(20-16(17)19-12)21-4-6-22-7-5-21/h8-9,18H,1,4-7H2,2-3H3/b11-8-. The number of nitrogens with one attached hydrogen (secondary N) is 1. The molecule has 1 aliphatic rings. The molecule has 2 aromatic rings. The molecule has 0 bridgehead atoms. The van der Waals surface area contributed by atoms with Gasteiger partial charge in [0.2, 0.25) is 5.28 Å². The SMILES string of the molecule is C=C(C)/C=C(\NC)c1cc2nc(Cl)nc(N3CCOCC3)c2o1. The molecule has 1 fully saturated rings. The number of fused-ring (bicyclic) bond motifs is 1. The molecule has 1 saturated heterocycles. The summed E-state index contributed by atoms with van der Waals surface area (Å²) in [5, 5.41) is 3.33. The van der Waals surface area contributed by atoms with Crippen molar-refractivity contribution in [2.45, 2.75) is 6.92 Å². The Morgan fingerprint density at radius 2 is 2.13 bits per heavy atom. The molecule has 0 radical (unpaired) electrons. The third-order valence-corrected chi connectivity index (χ3v) is 3.73. The molecule has 3 rings (SSSR count). The van der Waals surface area contributed by atoms with Crippen LogP contribution in [0.3, 0.4) is 0 Å². The van der Waals surface area contributed by atoms with Gasteiger partial charge in [0.1, 0.15) is 5.52 Å². The molecule has 0 aromatic carbocycles. The fourth-order valence-electron chi connectivity index (χ4n) is 2.52. The Kier molecular flexibility index (Phi) is 4.54. The summed E-state index contributed by atoms with van der Waals surface area (Å²) in [7, 11) is 1.84. The van der Waals surface area contributed by atoms with E-state index in [0.717, 1.165) is 24.4 Å². The maximum absolute atomic E-state index is 6.08. The number of halogens is 1. The Balaban J connectivity index is 2.09. The van der Waals surface area contributed by atoms with Crippen LogP contribution < -0.4 is 10.2 Å². The Bertz CT molecular complexity index is 763. The highest BCUT2D eigenvalue weighted by molar-refractivity contribution is 6.28. The predicted octanol–water partition coefficient (Wildman–Crippen LogP) is 2.85. The van der Waals surface area contributed by atoms with Gasteiger partial charge in [-0.15, -0.1) is 0 Å². The van der Waals surface area contributed by atoms with Gasteiger partial charge < -0.3 is 19.4 Å². The van der Waals surface area contributed by atoms with Gasteiger partial charge in [0, 0.05) is 26.2 Å². The molecule has 6 nitrogen and oxygen atoms in total. The van der Waals surface area contributed by atoms with Gasteiger partial charge in [-0.1, -0.05) is 12.2 Å². The number of anilines is 1. The van der Waals surface area contributed by atoms with Crippen LogP contribution in [0.1, 0.15) is 12.7 Å². The molecular weight excluding hydrogens is 316 g/mol. The average Bonchev–Trinajstić information content (AvgIpc) is 2.96. The first-order valence-electron chi connectivity index (χ1n) is 7.43. The second kappa shape index (κ2) is 6.60. The normalized spacial score (nSPS) is 16.0. The maximum Gasteiger partial charge on any atom is 0.225 e. The number of hydrogen-bond donors (Lipinski definition) is 1. The van der Waals surface area contributed by atoms with E-state index in [9.17, 15) is 0 Å². The Hall–Kier alpha value is -2.05. The lowest BCUT2D eigenvalue weighted by atomic mass is 10.2. The Morgan fingerprint density at radius 3 is 2.78 bits per heavy atom. The van der Waals surface area contributed by atoms with Crippen LogP contribution in [0.15, 0.2) is 28.7 Å². The van der Waals surface area contributed by atoms with Crippen LogP contribution in [0.5, 0.6) is 0 Å². The van der Waals surface area contributed by atoms with Crippen molar-refractivity contribution in [1.82, 2.24) is 15.3 Å². The first-order valence-corrected chi connectivity index (χ1v) is 7.81. The second-order valence-corrected chi connectivity index (χ2v) is 5.73. The molecule has 7 heteroatoms. The van der Waals surface area contributed by atoms with Gasteiger partial charge >= 0.3 is 0 Å². The lowest BCUT2D eigenvalue weighted by Gasteiger charge is -2.27. The van der Waals surface area contributed by atoms with Crippen molar-refractivity contribution in [1.29, 1.82) is 0 Å². The highest BCUT2D eigenvalue weighted by Gasteiger charge is 2.21. The molecule has 0 aliphatic carbocycles. The summed E-state index contributed by atoms with van der Waals surface area (Å²) in [4.78, 5) is 10.7. The van der Waals surface area contributed by atoms with Crippen LogP contribution in [0.25, 0.3) is 16.8 Å². The topological polar surface area (TPSA) is 63.4 Å². The molecule has 23 heavy (non-hydrogen) atoms. The summed E-state index contributed by atoms with van der Waals surface area (Å²) in [6, 6.07) is 1.86. The van der Waals surface area contributed by atoms with E-state index < -0.39 is 0 Å². The zero-order valence-electron chi connectivity index (χ0n) is 13.2. The molecule has 0 amide bonds. The summed E-state index contributed by atoms with van der Waals surface area (Å²) in [5.41, 5.74) is 3.07. The minimum absolute atomic E-state index is 0.209. The van der Waals surface area contributed by atoms with Crippen molar-refractivity contribution >= 4 is 34.2 Å². The van der Waals surface area contributed by atoms with E-state index in [1.54, 1.807) is 0 Å². The molecule has 0 atom stereocenters. The zero-order chi connectivity index (χ0) is 16.4. The number of nitrogens with zero attached hydrogens (tertiary/aromatic N) is 3. The number of aromatic nitrogens is 2. The van der Waals surface area contributed by atoms with Gasteiger partial charge in [-0.3, -0.25) is 0 Å². The number of furan rings is 1. The molecular formula is C16H19ClN4O2. The summed E-state index contributed by atoms with van der Waals surface area (Å²) in [5.74, 6) is 1.39. The molecule has 1 aliphatic heterocycles.